The average molecular weight is 411 g/mol. The maximum atomic E-state index is 12.9. The first-order chi connectivity index (χ1) is 14.5. The number of halogens is 1. The normalized spacial score (nSPS) is 14.8. The third-order valence-electron chi connectivity index (χ3n) is 5.23. The minimum atomic E-state index is -0.479. The van der Waals surface area contributed by atoms with Crippen molar-refractivity contribution in [1.82, 2.24) is 15.5 Å². The van der Waals surface area contributed by atoms with E-state index >= 15 is 0 Å². The van der Waals surface area contributed by atoms with E-state index in [9.17, 15) is 18.8 Å². The van der Waals surface area contributed by atoms with Crippen LogP contribution >= 0.6 is 0 Å². The van der Waals surface area contributed by atoms with Crippen LogP contribution in [0.25, 0.3) is 0 Å². The van der Waals surface area contributed by atoms with Gasteiger partial charge in [0.2, 0.25) is 0 Å². The van der Waals surface area contributed by atoms with Gasteiger partial charge in [-0.25, -0.2) is 9.18 Å². The monoisotopic (exact) mass is 411 g/mol. The zero-order valence-corrected chi connectivity index (χ0v) is 16.8. The first-order valence-electron chi connectivity index (χ1n) is 10.2. The Morgan fingerprint density at radius 3 is 2.27 bits per heavy atom. The first-order valence-corrected chi connectivity index (χ1v) is 10.2. The molecule has 158 valence electrons. The molecular formula is C23H26FN3O3. The van der Waals surface area contributed by atoms with Gasteiger partial charge in [-0.15, -0.1) is 0 Å². The van der Waals surface area contributed by atoms with E-state index in [2.05, 4.69) is 15.5 Å². The lowest BCUT2D eigenvalue weighted by molar-refractivity contribution is 0.0953. The molecule has 1 heterocycles. The van der Waals surface area contributed by atoms with Crippen LogP contribution < -0.4 is 10.6 Å². The number of urea groups is 1. The molecule has 0 spiro atoms. The molecule has 0 saturated carbocycles. The average Bonchev–Trinajstić information content (AvgIpc) is 2.76. The van der Waals surface area contributed by atoms with Crippen LogP contribution in [-0.4, -0.2) is 48.3 Å². The molecule has 1 aliphatic heterocycles. The summed E-state index contributed by atoms with van der Waals surface area (Å²) < 4.78 is 12.9. The Bertz CT molecular complexity index is 863. The number of imide groups is 1. The highest BCUT2D eigenvalue weighted by molar-refractivity contribution is 6.04. The molecule has 30 heavy (non-hydrogen) atoms. The van der Waals surface area contributed by atoms with Crippen molar-refractivity contribution in [1.29, 1.82) is 0 Å². The van der Waals surface area contributed by atoms with Crippen molar-refractivity contribution in [3.8, 4) is 0 Å². The van der Waals surface area contributed by atoms with E-state index in [0.717, 1.165) is 38.9 Å². The van der Waals surface area contributed by atoms with Crippen LogP contribution in [-0.2, 0) is 0 Å². The van der Waals surface area contributed by atoms with Crippen molar-refractivity contribution in [2.75, 3.05) is 19.6 Å². The van der Waals surface area contributed by atoms with Crippen LogP contribution in [0, 0.1) is 5.82 Å². The summed E-state index contributed by atoms with van der Waals surface area (Å²) in [6.07, 6.45) is 2.74. The van der Waals surface area contributed by atoms with Gasteiger partial charge in [0.25, 0.3) is 5.91 Å². The van der Waals surface area contributed by atoms with E-state index in [1.54, 1.807) is 24.3 Å². The molecular weight excluding hydrogens is 385 g/mol. The largest absolute Gasteiger partial charge is 0.335 e. The summed E-state index contributed by atoms with van der Waals surface area (Å²) >= 11 is 0. The summed E-state index contributed by atoms with van der Waals surface area (Å²) in [7, 11) is 0. The summed E-state index contributed by atoms with van der Waals surface area (Å²) in [5, 5.41) is 5.22. The fourth-order valence-electron chi connectivity index (χ4n) is 3.53. The van der Waals surface area contributed by atoms with Crippen LogP contribution in [0.1, 0.15) is 46.4 Å². The number of rotatable bonds is 7. The second-order valence-corrected chi connectivity index (χ2v) is 7.44. The van der Waals surface area contributed by atoms with Gasteiger partial charge in [-0.1, -0.05) is 18.2 Å². The number of piperidine rings is 1. The molecule has 0 radical (unpaired) electrons. The van der Waals surface area contributed by atoms with Crippen LogP contribution in [0.15, 0.2) is 54.6 Å². The van der Waals surface area contributed by atoms with Gasteiger partial charge in [-0.3, -0.25) is 14.9 Å². The van der Waals surface area contributed by atoms with Crippen molar-refractivity contribution in [2.45, 2.75) is 31.7 Å². The van der Waals surface area contributed by atoms with E-state index < -0.39 is 11.9 Å². The molecule has 1 aliphatic rings. The molecule has 1 saturated heterocycles. The summed E-state index contributed by atoms with van der Waals surface area (Å²) in [6, 6.07) is 13.8. The lowest BCUT2D eigenvalue weighted by atomic mass is 10.0. The summed E-state index contributed by atoms with van der Waals surface area (Å²) in [5.74, 6) is -0.746. The Morgan fingerprint density at radius 2 is 1.60 bits per heavy atom. The number of hydrogen-bond donors (Lipinski definition) is 2. The van der Waals surface area contributed by atoms with E-state index in [-0.39, 0.29) is 17.6 Å². The summed E-state index contributed by atoms with van der Waals surface area (Å²) in [5.41, 5.74) is 0.980. The standard InChI is InChI=1S/C23H26FN3O3/c24-19-10-8-17(9-11-19)21(28)7-4-14-27-15-12-20(13-16-27)25-23(30)26-22(29)18-5-2-1-3-6-18/h1-3,5-6,8-11,20H,4,7,12-16H2,(H2,25,26,29,30). The third kappa shape index (κ3) is 6.49. The van der Waals surface area contributed by atoms with Crippen LogP contribution in [0.4, 0.5) is 9.18 Å². The summed E-state index contributed by atoms with van der Waals surface area (Å²) in [6.45, 7) is 2.45. The van der Waals surface area contributed by atoms with Crippen molar-refractivity contribution >= 4 is 17.7 Å². The quantitative estimate of drug-likeness (QED) is 0.685. The van der Waals surface area contributed by atoms with Crippen molar-refractivity contribution in [3.05, 3.63) is 71.5 Å². The van der Waals surface area contributed by atoms with Gasteiger partial charge in [-0.2, -0.15) is 0 Å². The number of carbonyl (C=O) groups is 3. The van der Waals surface area contributed by atoms with Gasteiger partial charge in [0.1, 0.15) is 5.82 Å². The number of likely N-dealkylation sites (tertiary alicyclic amines) is 1. The van der Waals surface area contributed by atoms with Gasteiger partial charge in [0.05, 0.1) is 0 Å². The van der Waals surface area contributed by atoms with Gasteiger partial charge in [0, 0.05) is 36.7 Å². The van der Waals surface area contributed by atoms with Gasteiger partial charge in [-0.05, 0) is 62.2 Å². The van der Waals surface area contributed by atoms with Crippen molar-refractivity contribution in [3.63, 3.8) is 0 Å². The fourth-order valence-corrected chi connectivity index (χ4v) is 3.53. The third-order valence-corrected chi connectivity index (χ3v) is 5.23. The highest BCUT2D eigenvalue weighted by Crippen LogP contribution is 2.13. The van der Waals surface area contributed by atoms with Crippen molar-refractivity contribution in [2.24, 2.45) is 0 Å². The van der Waals surface area contributed by atoms with Crippen LogP contribution in [0.5, 0.6) is 0 Å². The van der Waals surface area contributed by atoms with Crippen LogP contribution in [0.3, 0.4) is 0 Å². The highest BCUT2D eigenvalue weighted by Gasteiger charge is 2.21. The van der Waals surface area contributed by atoms with Gasteiger partial charge in [0.15, 0.2) is 5.78 Å². The second-order valence-electron chi connectivity index (χ2n) is 7.44. The van der Waals surface area contributed by atoms with E-state index in [4.69, 9.17) is 0 Å². The molecule has 2 aromatic carbocycles. The lowest BCUT2D eigenvalue weighted by Gasteiger charge is -2.32. The van der Waals surface area contributed by atoms with Crippen LogP contribution in [0.2, 0.25) is 0 Å². The smallest absolute Gasteiger partial charge is 0.321 e. The molecule has 2 N–H and O–H groups in total. The number of nitrogens with zero attached hydrogens (tertiary/aromatic N) is 1. The van der Waals surface area contributed by atoms with Crippen molar-refractivity contribution < 1.29 is 18.8 Å². The number of amides is 3. The molecule has 3 rings (SSSR count). The first kappa shape index (κ1) is 21.6. The number of nitrogens with one attached hydrogen (secondary N) is 2. The number of ketones is 1. The number of carbonyl (C=O) groups excluding carboxylic acids is 3. The molecule has 1 fully saturated rings. The van der Waals surface area contributed by atoms with E-state index in [1.807, 2.05) is 6.07 Å². The fraction of sp³-hybridized carbons (Fsp3) is 0.348. The topological polar surface area (TPSA) is 78.5 Å². The molecule has 0 aliphatic carbocycles. The number of benzene rings is 2. The highest BCUT2D eigenvalue weighted by atomic mass is 19.1. The maximum Gasteiger partial charge on any atom is 0.321 e. The molecule has 7 heteroatoms. The molecule has 0 atom stereocenters. The molecule has 2 aromatic rings. The van der Waals surface area contributed by atoms with E-state index in [1.165, 1.54) is 24.3 Å². The van der Waals surface area contributed by atoms with Gasteiger partial charge < -0.3 is 10.2 Å². The Hall–Kier alpha value is -3.06. The molecule has 0 aromatic heterocycles. The zero-order valence-electron chi connectivity index (χ0n) is 16.8. The minimum Gasteiger partial charge on any atom is -0.335 e. The second kappa shape index (κ2) is 10.6. The molecule has 6 nitrogen and oxygen atoms in total. The number of hydrogen-bond acceptors (Lipinski definition) is 4. The Balaban J connectivity index is 1.32. The van der Waals surface area contributed by atoms with E-state index in [0.29, 0.717) is 17.5 Å². The zero-order chi connectivity index (χ0) is 21.3. The predicted octanol–water partition coefficient (Wildman–Crippen LogP) is 3.39. The SMILES string of the molecule is O=C(NC(=O)c1ccccc1)NC1CCN(CCCC(=O)c2ccc(F)cc2)CC1. The predicted molar refractivity (Wildman–Crippen MR) is 112 cm³/mol. The molecule has 0 unspecified atom stereocenters. The van der Waals surface area contributed by atoms with Gasteiger partial charge >= 0.3 is 6.03 Å². The molecule has 3 amide bonds. The number of Topliss-reactive ketones (excluding diaryl/α,β-unsaturated/α-hetero) is 1. The Kier molecular flexibility index (Phi) is 7.68. The summed E-state index contributed by atoms with van der Waals surface area (Å²) in [4.78, 5) is 38.5. The lowest BCUT2D eigenvalue weighted by Crippen LogP contribution is -2.49. The molecule has 0 bridgehead atoms. The maximum absolute atomic E-state index is 12.9. The Morgan fingerprint density at radius 1 is 0.933 bits per heavy atom. The Labute approximate surface area is 175 Å². The minimum absolute atomic E-state index is 0.0191.